The second kappa shape index (κ2) is 13.1. The van der Waals surface area contributed by atoms with E-state index in [1.807, 2.05) is 14.1 Å². The van der Waals surface area contributed by atoms with Gasteiger partial charge < -0.3 is 35.6 Å². The van der Waals surface area contributed by atoms with E-state index < -0.39 is 34.9 Å². The summed E-state index contributed by atoms with van der Waals surface area (Å²) in [5.41, 5.74) is -1.68. The summed E-state index contributed by atoms with van der Waals surface area (Å²) in [5.74, 6) is -1.96. The summed E-state index contributed by atoms with van der Waals surface area (Å²) in [7, 11) is 5.41. The van der Waals surface area contributed by atoms with Crippen molar-refractivity contribution < 1.29 is 32.2 Å². The first-order chi connectivity index (χ1) is 21.0. The minimum Gasteiger partial charge on any atom is -0.494 e. The smallest absolute Gasteiger partial charge is 0.421 e. The molecule has 0 radical (unpaired) electrons. The number of hydrogen-bond acceptors (Lipinski definition) is 9. The molecule has 1 atom stereocenters. The summed E-state index contributed by atoms with van der Waals surface area (Å²) in [6.07, 6.45) is -2.28. The van der Waals surface area contributed by atoms with Crippen LogP contribution in [0.4, 0.5) is 52.1 Å². The van der Waals surface area contributed by atoms with Crippen LogP contribution in [0.2, 0.25) is 5.02 Å². The quantitative estimate of drug-likeness (QED) is 0.149. The number of aromatic nitrogens is 2. The van der Waals surface area contributed by atoms with Gasteiger partial charge in [-0.05, 0) is 58.6 Å². The van der Waals surface area contributed by atoms with Crippen LogP contribution in [0, 0.1) is 5.82 Å². The number of carbonyl (C=O) groups excluding carboxylic acids is 1. The van der Waals surface area contributed by atoms with Crippen molar-refractivity contribution in [3.63, 3.8) is 0 Å². The number of methoxy groups -OCH3 is 1. The number of nitrogens with zero attached hydrogens (tertiary/aromatic N) is 4. The molecule has 0 saturated carbocycles. The van der Waals surface area contributed by atoms with Gasteiger partial charge in [0.05, 0.1) is 34.8 Å². The lowest BCUT2D eigenvalue weighted by Gasteiger charge is -2.26. The van der Waals surface area contributed by atoms with Crippen molar-refractivity contribution in [3.8, 4) is 5.75 Å². The fourth-order valence-electron chi connectivity index (χ4n) is 4.91. The molecule has 1 fully saturated rings. The van der Waals surface area contributed by atoms with Gasteiger partial charge in [-0.1, -0.05) is 18.2 Å². The Hall–Kier alpha value is -4.14. The zero-order valence-corrected chi connectivity index (χ0v) is 26.1. The standard InChI is InChI=1S/C30H34ClF4N7O3/c1-7-26(43)37-22-12-23(25(45-6)13-24(22)42-9-8-16(15-42)41(4)5)39-28-36-14-18(30(33,34)35)27(40-28)38-21-11-19(31)20(32)10-17(21)29(2,3)44/h7,10-14,16,44H,1,8-9,15H2,2-6H3,(H,37,43)(H2,36,38,39,40)/t16-/m1/s1. The summed E-state index contributed by atoms with van der Waals surface area (Å²) >= 11 is 5.93. The zero-order valence-electron chi connectivity index (χ0n) is 25.3. The Morgan fingerprint density at radius 3 is 2.44 bits per heavy atom. The van der Waals surface area contributed by atoms with E-state index in [1.54, 1.807) is 12.1 Å². The molecular weight excluding hydrogens is 618 g/mol. The van der Waals surface area contributed by atoms with Crippen molar-refractivity contribution in [2.75, 3.05) is 55.1 Å². The van der Waals surface area contributed by atoms with Crippen molar-refractivity contribution in [2.45, 2.75) is 38.1 Å². The highest BCUT2D eigenvalue weighted by Gasteiger charge is 2.36. The molecule has 1 aromatic heterocycles. The number of likely N-dealkylation sites (N-methyl/N-ethyl adjacent to an activating group) is 1. The number of carbonyl (C=O) groups is 1. The van der Waals surface area contributed by atoms with Gasteiger partial charge in [0, 0.05) is 42.6 Å². The maximum atomic E-state index is 14.3. The van der Waals surface area contributed by atoms with Gasteiger partial charge in [0.15, 0.2) is 0 Å². The van der Waals surface area contributed by atoms with Gasteiger partial charge in [0.1, 0.15) is 22.9 Å². The first-order valence-electron chi connectivity index (χ1n) is 13.8. The lowest BCUT2D eigenvalue weighted by Crippen LogP contribution is -2.31. The third-order valence-electron chi connectivity index (χ3n) is 7.31. The number of benzene rings is 2. The second-order valence-electron chi connectivity index (χ2n) is 11.2. The molecule has 45 heavy (non-hydrogen) atoms. The summed E-state index contributed by atoms with van der Waals surface area (Å²) < 4.78 is 62.0. The van der Waals surface area contributed by atoms with E-state index >= 15 is 0 Å². The number of hydrogen-bond donors (Lipinski definition) is 4. The number of rotatable bonds is 10. The van der Waals surface area contributed by atoms with Crippen molar-refractivity contribution in [3.05, 3.63) is 65.1 Å². The van der Waals surface area contributed by atoms with Crippen LogP contribution >= 0.6 is 11.6 Å². The molecule has 4 rings (SSSR count). The highest BCUT2D eigenvalue weighted by Crippen LogP contribution is 2.42. The van der Waals surface area contributed by atoms with E-state index in [9.17, 15) is 27.5 Å². The molecule has 242 valence electrons. The molecule has 4 N–H and O–H groups in total. The Labute approximate surface area is 263 Å². The van der Waals surface area contributed by atoms with E-state index in [0.717, 1.165) is 24.6 Å². The Kier molecular flexibility index (Phi) is 9.80. The zero-order chi connectivity index (χ0) is 33.3. The molecule has 1 aliphatic rings. The maximum Gasteiger partial charge on any atom is 0.421 e. The van der Waals surface area contributed by atoms with Crippen LogP contribution in [0.15, 0.2) is 43.1 Å². The molecule has 1 aliphatic heterocycles. The summed E-state index contributed by atoms with van der Waals surface area (Å²) in [6.45, 7) is 7.61. The highest BCUT2D eigenvalue weighted by molar-refractivity contribution is 6.31. The van der Waals surface area contributed by atoms with Crippen LogP contribution in [0.3, 0.4) is 0 Å². The monoisotopic (exact) mass is 651 g/mol. The summed E-state index contributed by atoms with van der Waals surface area (Å²) in [5, 5.41) is 18.4. The molecule has 0 spiro atoms. The minimum absolute atomic E-state index is 0.0519. The Balaban J connectivity index is 1.78. The van der Waals surface area contributed by atoms with Crippen molar-refractivity contribution in [1.29, 1.82) is 0 Å². The summed E-state index contributed by atoms with van der Waals surface area (Å²) in [6, 6.07) is 5.56. The number of ether oxygens (including phenoxy) is 1. The molecule has 0 unspecified atom stereocenters. The fraction of sp³-hybridized carbons (Fsp3) is 0.367. The third kappa shape index (κ3) is 7.75. The Bertz CT molecular complexity index is 1600. The molecule has 2 aromatic carbocycles. The lowest BCUT2D eigenvalue weighted by atomic mass is 9.96. The largest absolute Gasteiger partial charge is 0.494 e. The third-order valence-corrected chi connectivity index (χ3v) is 7.60. The predicted molar refractivity (Wildman–Crippen MR) is 166 cm³/mol. The first-order valence-corrected chi connectivity index (χ1v) is 14.2. The van der Waals surface area contributed by atoms with E-state index in [0.29, 0.717) is 36.4 Å². The van der Waals surface area contributed by atoms with Gasteiger partial charge in [0.2, 0.25) is 11.9 Å². The number of anilines is 6. The fourth-order valence-corrected chi connectivity index (χ4v) is 5.08. The SMILES string of the molecule is C=CC(=O)Nc1cc(Nc2ncc(C(F)(F)F)c(Nc3cc(Cl)c(F)cc3C(C)(C)O)n2)c(OC)cc1N1CC[C@@H](N(C)C)C1. The van der Waals surface area contributed by atoms with E-state index in [2.05, 4.69) is 42.3 Å². The van der Waals surface area contributed by atoms with Crippen molar-refractivity contribution in [2.24, 2.45) is 0 Å². The van der Waals surface area contributed by atoms with Gasteiger partial charge in [0.25, 0.3) is 0 Å². The topological polar surface area (TPSA) is 115 Å². The lowest BCUT2D eigenvalue weighted by molar-refractivity contribution is -0.137. The Morgan fingerprint density at radius 2 is 1.87 bits per heavy atom. The van der Waals surface area contributed by atoms with Crippen LogP contribution in [-0.4, -0.2) is 66.2 Å². The number of amides is 1. The molecule has 3 aromatic rings. The van der Waals surface area contributed by atoms with Crippen LogP contribution in [-0.2, 0) is 16.6 Å². The number of alkyl halides is 3. The molecule has 2 heterocycles. The molecule has 0 aliphatic carbocycles. The normalized spacial score (nSPS) is 15.3. The van der Waals surface area contributed by atoms with Crippen LogP contribution in [0.25, 0.3) is 0 Å². The van der Waals surface area contributed by atoms with Gasteiger partial charge >= 0.3 is 6.18 Å². The van der Waals surface area contributed by atoms with Crippen LogP contribution < -0.4 is 25.6 Å². The molecule has 1 amide bonds. The predicted octanol–water partition coefficient (Wildman–Crippen LogP) is 6.28. The number of halogens is 5. The molecule has 10 nitrogen and oxygen atoms in total. The van der Waals surface area contributed by atoms with Gasteiger partial charge in [-0.3, -0.25) is 4.79 Å². The van der Waals surface area contributed by atoms with Gasteiger partial charge in [-0.2, -0.15) is 18.2 Å². The van der Waals surface area contributed by atoms with E-state index in [4.69, 9.17) is 16.3 Å². The van der Waals surface area contributed by atoms with Crippen LogP contribution in [0.1, 0.15) is 31.4 Å². The van der Waals surface area contributed by atoms with Crippen LogP contribution in [0.5, 0.6) is 5.75 Å². The molecular formula is C30H34ClF4N7O3. The van der Waals surface area contributed by atoms with Crippen molar-refractivity contribution >= 4 is 52.0 Å². The maximum absolute atomic E-state index is 14.3. The Morgan fingerprint density at radius 1 is 1.16 bits per heavy atom. The first kappa shape index (κ1) is 33.7. The van der Waals surface area contributed by atoms with E-state index in [1.165, 1.54) is 21.0 Å². The molecule has 1 saturated heterocycles. The van der Waals surface area contributed by atoms with Gasteiger partial charge in [-0.25, -0.2) is 9.37 Å². The molecule has 15 heteroatoms. The average Bonchev–Trinajstić information content (AvgIpc) is 3.44. The summed E-state index contributed by atoms with van der Waals surface area (Å²) in [4.78, 5) is 24.5. The second-order valence-corrected chi connectivity index (χ2v) is 11.6. The van der Waals surface area contributed by atoms with E-state index in [-0.39, 0.29) is 34.0 Å². The van der Waals surface area contributed by atoms with Gasteiger partial charge in [-0.15, -0.1) is 0 Å². The average molecular weight is 652 g/mol. The number of aliphatic hydroxyl groups is 1. The van der Waals surface area contributed by atoms with Crippen molar-refractivity contribution in [1.82, 2.24) is 14.9 Å². The highest BCUT2D eigenvalue weighted by atomic mass is 35.5. The number of nitrogens with one attached hydrogen (secondary N) is 3. The molecule has 0 bridgehead atoms. The minimum atomic E-state index is -4.87.